The molecule has 2 rings (SSSR count). The Morgan fingerprint density at radius 3 is 2.71 bits per heavy atom. The van der Waals surface area contributed by atoms with Crippen LogP contribution in [0.1, 0.15) is 23.7 Å². The van der Waals surface area contributed by atoms with Crippen LogP contribution in [0.2, 0.25) is 0 Å². The summed E-state index contributed by atoms with van der Waals surface area (Å²) in [6.07, 6.45) is 0.468. The molecule has 0 saturated carbocycles. The molecule has 0 spiro atoms. The summed E-state index contributed by atoms with van der Waals surface area (Å²) in [5.41, 5.74) is 5.66. The van der Waals surface area contributed by atoms with Gasteiger partial charge in [-0.2, -0.15) is 0 Å². The van der Waals surface area contributed by atoms with Crippen LogP contribution in [-0.4, -0.2) is 28.1 Å². The summed E-state index contributed by atoms with van der Waals surface area (Å²) in [4.78, 5) is 12.2. The van der Waals surface area contributed by atoms with Gasteiger partial charge < -0.3 is 21.4 Å². The van der Waals surface area contributed by atoms with E-state index in [0.29, 0.717) is 11.8 Å². The highest BCUT2D eigenvalue weighted by molar-refractivity contribution is 6.05. The molecule has 0 aliphatic carbocycles. The van der Waals surface area contributed by atoms with E-state index in [-0.39, 0.29) is 17.1 Å². The number of amides is 1. The Morgan fingerprint density at radius 2 is 2.05 bits per heavy atom. The number of oxime groups is 1. The number of carbonyl (C=O) groups is 1. The van der Waals surface area contributed by atoms with Crippen molar-refractivity contribution in [2.24, 2.45) is 10.9 Å². The number of fused-ring (bicyclic) bond motifs is 1. The lowest BCUT2D eigenvalue weighted by Crippen LogP contribution is -2.44. The smallest absolute Gasteiger partial charge is 0.255 e. The van der Waals surface area contributed by atoms with Crippen LogP contribution in [-0.2, 0) is 0 Å². The lowest BCUT2D eigenvalue weighted by Gasteiger charge is -2.16. The van der Waals surface area contributed by atoms with Crippen molar-refractivity contribution in [3.05, 3.63) is 42.0 Å². The van der Waals surface area contributed by atoms with Crippen molar-refractivity contribution >= 4 is 22.5 Å². The average molecular weight is 287 g/mol. The predicted molar refractivity (Wildman–Crippen MR) is 80.6 cm³/mol. The van der Waals surface area contributed by atoms with E-state index in [9.17, 15) is 9.90 Å². The van der Waals surface area contributed by atoms with E-state index < -0.39 is 11.9 Å². The van der Waals surface area contributed by atoms with Gasteiger partial charge in [0.15, 0.2) is 5.84 Å². The summed E-state index contributed by atoms with van der Waals surface area (Å²) in [6.45, 7) is 1.79. The van der Waals surface area contributed by atoms with Gasteiger partial charge in [0.1, 0.15) is 5.75 Å². The van der Waals surface area contributed by atoms with Crippen LogP contribution in [0.5, 0.6) is 5.75 Å². The monoisotopic (exact) mass is 287 g/mol. The number of nitrogens with one attached hydrogen (secondary N) is 1. The topological polar surface area (TPSA) is 108 Å². The van der Waals surface area contributed by atoms with E-state index in [1.165, 1.54) is 0 Å². The molecule has 21 heavy (non-hydrogen) atoms. The van der Waals surface area contributed by atoms with Crippen LogP contribution in [0.4, 0.5) is 0 Å². The number of phenolic OH excluding ortho intramolecular Hbond substituents is 1. The highest BCUT2D eigenvalue weighted by Gasteiger charge is 2.19. The molecule has 0 aliphatic rings. The Labute approximate surface area is 121 Å². The van der Waals surface area contributed by atoms with Crippen LogP contribution in [0.3, 0.4) is 0 Å². The Bertz CT molecular complexity index is 698. The molecule has 0 heterocycles. The minimum atomic E-state index is -0.589. The zero-order valence-electron chi connectivity index (χ0n) is 11.6. The molecule has 6 heteroatoms. The standard InChI is InChI=1S/C15H17N3O3/c1-2-12(14(16)18-21)17-15(20)11-8-7-9-5-3-4-6-10(9)13(11)19/h3-8,12,19,21H,2H2,1H3,(H2,16,18)(H,17,20). The summed E-state index contributed by atoms with van der Waals surface area (Å²) < 4.78 is 0. The van der Waals surface area contributed by atoms with Crippen molar-refractivity contribution in [3.63, 3.8) is 0 Å². The predicted octanol–water partition coefficient (Wildman–Crippen LogP) is 1.80. The Morgan fingerprint density at radius 1 is 1.33 bits per heavy atom. The number of phenols is 1. The average Bonchev–Trinajstić information content (AvgIpc) is 2.52. The second-order valence-electron chi connectivity index (χ2n) is 4.64. The number of hydrogen-bond donors (Lipinski definition) is 4. The van der Waals surface area contributed by atoms with Gasteiger partial charge >= 0.3 is 0 Å². The van der Waals surface area contributed by atoms with Gasteiger partial charge in [0.05, 0.1) is 11.6 Å². The van der Waals surface area contributed by atoms with E-state index >= 15 is 0 Å². The molecule has 0 aliphatic heterocycles. The zero-order valence-corrected chi connectivity index (χ0v) is 11.6. The molecule has 2 aromatic rings. The highest BCUT2D eigenvalue weighted by atomic mass is 16.4. The summed E-state index contributed by atoms with van der Waals surface area (Å²) in [7, 11) is 0. The molecule has 5 N–H and O–H groups in total. The Balaban J connectivity index is 2.33. The van der Waals surface area contributed by atoms with Crippen LogP contribution in [0.25, 0.3) is 10.8 Å². The molecule has 0 radical (unpaired) electrons. The first-order valence-corrected chi connectivity index (χ1v) is 6.57. The maximum absolute atomic E-state index is 12.2. The van der Waals surface area contributed by atoms with Crippen LogP contribution < -0.4 is 11.1 Å². The van der Waals surface area contributed by atoms with Gasteiger partial charge in [0.2, 0.25) is 0 Å². The van der Waals surface area contributed by atoms with Gasteiger partial charge in [0, 0.05) is 5.39 Å². The molecule has 0 bridgehead atoms. The quantitative estimate of drug-likeness (QED) is 0.297. The lowest BCUT2D eigenvalue weighted by atomic mass is 10.0. The van der Waals surface area contributed by atoms with Crippen LogP contribution in [0.15, 0.2) is 41.6 Å². The molecule has 6 nitrogen and oxygen atoms in total. The van der Waals surface area contributed by atoms with Crippen LogP contribution in [0, 0.1) is 0 Å². The summed E-state index contributed by atoms with van der Waals surface area (Å²) >= 11 is 0. The zero-order chi connectivity index (χ0) is 15.4. The first-order valence-electron chi connectivity index (χ1n) is 6.57. The molecule has 110 valence electrons. The van der Waals surface area contributed by atoms with Gasteiger partial charge in [-0.15, -0.1) is 0 Å². The molecule has 2 aromatic carbocycles. The molecular weight excluding hydrogens is 270 g/mol. The number of rotatable bonds is 4. The third-order valence-electron chi connectivity index (χ3n) is 3.33. The third kappa shape index (κ3) is 2.89. The summed E-state index contributed by atoms with van der Waals surface area (Å²) in [5.74, 6) is -0.636. The van der Waals surface area contributed by atoms with Gasteiger partial charge in [-0.1, -0.05) is 42.4 Å². The van der Waals surface area contributed by atoms with Crippen molar-refractivity contribution in [3.8, 4) is 5.75 Å². The third-order valence-corrected chi connectivity index (χ3v) is 3.33. The van der Waals surface area contributed by atoms with Crippen molar-refractivity contribution in [2.45, 2.75) is 19.4 Å². The van der Waals surface area contributed by atoms with Crippen molar-refractivity contribution < 1.29 is 15.1 Å². The van der Waals surface area contributed by atoms with Gasteiger partial charge in [-0.25, -0.2) is 0 Å². The molecule has 0 saturated heterocycles. The molecular formula is C15H17N3O3. The second-order valence-corrected chi connectivity index (χ2v) is 4.64. The number of carbonyl (C=O) groups excluding carboxylic acids is 1. The lowest BCUT2D eigenvalue weighted by molar-refractivity contribution is 0.0943. The maximum Gasteiger partial charge on any atom is 0.255 e. The van der Waals surface area contributed by atoms with E-state index in [0.717, 1.165) is 5.39 Å². The fraction of sp³-hybridized carbons (Fsp3) is 0.200. The number of amidine groups is 1. The fourth-order valence-electron chi connectivity index (χ4n) is 2.13. The summed E-state index contributed by atoms with van der Waals surface area (Å²) in [6, 6.07) is 9.94. The number of aromatic hydroxyl groups is 1. The Kier molecular flexibility index (Phi) is 4.27. The van der Waals surface area contributed by atoms with Gasteiger partial charge in [0.25, 0.3) is 5.91 Å². The summed E-state index contributed by atoms with van der Waals surface area (Å²) in [5, 5.41) is 25.9. The van der Waals surface area contributed by atoms with Gasteiger partial charge in [-0.3, -0.25) is 4.79 Å². The number of hydrogen-bond acceptors (Lipinski definition) is 4. The first kappa shape index (κ1) is 14.6. The highest BCUT2D eigenvalue weighted by Crippen LogP contribution is 2.28. The molecule has 1 unspecified atom stereocenters. The molecule has 0 fully saturated rings. The number of nitrogens with zero attached hydrogens (tertiary/aromatic N) is 1. The van der Waals surface area contributed by atoms with Crippen molar-refractivity contribution in [1.82, 2.24) is 5.32 Å². The largest absolute Gasteiger partial charge is 0.506 e. The van der Waals surface area contributed by atoms with E-state index in [1.807, 2.05) is 12.1 Å². The number of nitrogens with two attached hydrogens (primary N) is 1. The fourth-order valence-corrected chi connectivity index (χ4v) is 2.13. The minimum Gasteiger partial charge on any atom is -0.506 e. The van der Waals surface area contributed by atoms with E-state index in [2.05, 4.69) is 10.5 Å². The second kappa shape index (κ2) is 6.13. The molecule has 0 aromatic heterocycles. The Hall–Kier alpha value is -2.76. The van der Waals surface area contributed by atoms with E-state index in [4.69, 9.17) is 10.9 Å². The normalized spacial score (nSPS) is 13.1. The van der Waals surface area contributed by atoms with Crippen LogP contribution >= 0.6 is 0 Å². The number of benzene rings is 2. The van der Waals surface area contributed by atoms with E-state index in [1.54, 1.807) is 31.2 Å². The molecule has 1 amide bonds. The van der Waals surface area contributed by atoms with Gasteiger partial charge in [-0.05, 0) is 17.9 Å². The SMILES string of the molecule is CCC(NC(=O)c1ccc2ccccc2c1O)/C(N)=N/O. The van der Waals surface area contributed by atoms with Crippen molar-refractivity contribution in [1.29, 1.82) is 0 Å². The minimum absolute atomic E-state index is 0.0777. The maximum atomic E-state index is 12.2. The van der Waals surface area contributed by atoms with Crippen molar-refractivity contribution in [2.75, 3.05) is 0 Å². The molecule has 1 atom stereocenters. The first-order chi connectivity index (χ1) is 10.1.